The highest BCUT2D eigenvalue weighted by Crippen LogP contribution is 2.45. The third kappa shape index (κ3) is 4.85. The van der Waals surface area contributed by atoms with Gasteiger partial charge in [0.1, 0.15) is 11.5 Å². The molecule has 0 aliphatic carbocycles. The van der Waals surface area contributed by atoms with Crippen LogP contribution in [0.1, 0.15) is 75.4 Å². The second-order valence-electron chi connectivity index (χ2n) is 12.0. The van der Waals surface area contributed by atoms with Gasteiger partial charge in [0.2, 0.25) is 0 Å². The summed E-state index contributed by atoms with van der Waals surface area (Å²) in [6.45, 7) is 14.5. The van der Waals surface area contributed by atoms with E-state index in [2.05, 4.69) is 41.5 Å². The van der Waals surface area contributed by atoms with Gasteiger partial charge in [-0.25, -0.2) is 0 Å². The maximum absolute atomic E-state index is 13.7. The monoisotopic (exact) mass is 511 g/mol. The van der Waals surface area contributed by atoms with Gasteiger partial charge >= 0.3 is 0 Å². The zero-order valence-electron chi connectivity index (χ0n) is 23.5. The van der Waals surface area contributed by atoms with Gasteiger partial charge in [0.25, 0.3) is 11.7 Å². The third-order valence-corrected chi connectivity index (χ3v) is 7.25. The quantitative estimate of drug-likeness (QED) is 0.228. The van der Waals surface area contributed by atoms with Gasteiger partial charge in [-0.2, -0.15) is 0 Å². The van der Waals surface area contributed by atoms with Gasteiger partial charge in [-0.05, 0) is 58.7 Å². The summed E-state index contributed by atoms with van der Waals surface area (Å²) < 4.78 is 5.64. The summed E-state index contributed by atoms with van der Waals surface area (Å²) >= 11 is 0. The van der Waals surface area contributed by atoms with E-state index in [1.54, 1.807) is 13.2 Å². The van der Waals surface area contributed by atoms with Gasteiger partial charge in [-0.3, -0.25) is 14.5 Å². The molecule has 1 amide bonds. The number of carbonyl (C=O) groups excluding carboxylic acids is 2. The number of anilines is 1. The van der Waals surface area contributed by atoms with E-state index in [1.807, 2.05) is 67.6 Å². The average Bonchev–Trinajstić information content (AvgIpc) is 3.12. The number of hydrogen-bond acceptors (Lipinski definition) is 4. The molecular weight excluding hydrogens is 474 g/mol. The number of carbonyl (C=O) groups is 2. The van der Waals surface area contributed by atoms with Gasteiger partial charge in [0.15, 0.2) is 0 Å². The maximum atomic E-state index is 13.7. The molecule has 3 aromatic carbocycles. The maximum Gasteiger partial charge on any atom is 0.300 e. The highest BCUT2D eigenvalue weighted by molar-refractivity contribution is 6.51. The molecule has 1 N–H and O–H groups in total. The van der Waals surface area contributed by atoms with E-state index < -0.39 is 17.7 Å². The lowest BCUT2D eigenvalue weighted by atomic mass is 9.84. The number of aliphatic hydroxyl groups is 1. The number of aryl methyl sites for hydroxylation is 1. The molecule has 5 nitrogen and oxygen atoms in total. The van der Waals surface area contributed by atoms with Crippen molar-refractivity contribution in [1.82, 2.24) is 0 Å². The number of hydrogen-bond donors (Lipinski definition) is 1. The normalized spacial score (nSPS) is 17.7. The van der Waals surface area contributed by atoms with Gasteiger partial charge in [-0.15, -0.1) is 0 Å². The second-order valence-corrected chi connectivity index (χ2v) is 12.0. The number of para-hydroxylation sites is 1. The van der Waals surface area contributed by atoms with Crippen LogP contribution in [0.4, 0.5) is 5.69 Å². The molecule has 0 radical (unpaired) electrons. The van der Waals surface area contributed by atoms with E-state index in [9.17, 15) is 14.7 Å². The summed E-state index contributed by atoms with van der Waals surface area (Å²) in [5, 5.41) is 11.7. The van der Waals surface area contributed by atoms with E-state index >= 15 is 0 Å². The molecule has 1 aliphatic heterocycles. The molecular formula is C33H37NO4. The summed E-state index contributed by atoms with van der Waals surface area (Å²) in [5.41, 5.74) is 4.51. The van der Waals surface area contributed by atoms with Crippen LogP contribution >= 0.6 is 0 Å². The van der Waals surface area contributed by atoms with E-state index in [0.29, 0.717) is 22.6 Å². The number of methoxy groups -OCH3 is 1. The Morgan fingerprint density at radius 3 is 2.00 bits per heavy atom. The zero-order valence-corrected chi connectivity index (χ0v) is 23.5. The van der Waals surface area contributed by atoms with E-state index in [0.717, 1.165) is 16.7 Å². The van der Waals surface area contributed by atoms with Crippen LogP contribution < -0.4 is 9.64 Å². The minimum Gasteiger partial charge on any atom is -0.507 e. The topological polar surface area (TPSA) is 66.8 Å². The fourth-order valence-electron chi connectivity index (χ4n) is 4.90. The highest BCUT2D eigenvalue weighted by Gasteiger charge is 2.48. The van der Waals surface area contributed by atoms with Gasteiger partial charge in [0, 0.05) is 16.8 Å². The van der Waals surface area contributed by atoms with Crippen LogP contribution in [0.25, 0.3) is 5.76 Å². The Labute approximate surface area is 225 Å². The fraction of sp³-hybridized carbons (Fsp3) is 0.333. The van der Waals surface area contributed by atoms with Crippen molar-refractivity contribution in [2.75, 3.05) is 12.0 Å². The van der Waals surface area contributed by atoms with Gasteiger partial charge in [0.05, 0.1) is 18.7 Å². The minimum absolute atomic E-state index is 0.0496. The number of amides is 1. The molecule has 1 unspecified atom stereocenters. The van der Waals surface area contributed by atoms with Crippen molar-refractivity contribution >= 4 is 23.1 Å². The first-order valence-electron chi connectivity index (χ1n) is 12.9. The first-order valence-corrected chi connectivity index (χ1v) is 12.9. The van der Waals surface area contributed by atoms with Crippen molar-refractivity contribution in [3.8, 4) is 5.75 Å². The van der Waals surface area contributed by atoms with Crippen molar-refractivity contribution in [3.63, 3.8) is 0 Å². The molecule has 4 rings (SSSR count). The number of ether oxygens (including phenoxy) is 1. The van der Waals surface area contributed by atoms with Gasteiger partial charge in [-0.1, -0.05) is 84.0 Å². The van der Waals surface area contributed by atoms with Crippen LogP contribution in [-0.4, -0.2) is 23.9 Å². The van der Waals surface area contributed by atoms with Crippen LogP contribution in [-0.2, 0) is 20.4 Å². The number of nitrogens with zero attached hydrogens (tertiary/aromatic N) is 1. The predicted octanol–water partition coefficient (Wildman–Crippen LogP) is 7.22. The number of benzene rings is 3. The summed E-state index contributed by atoms with van der Waals surface area (Å²) in [5.74, 6) is -1.06. The molecule has 5 heteroatoms. The number of Topliss-reactive ketones (excluding diaryl/α,β-unsaturated/α-hetero) is 1. The molecule has 1 atom stereocenters. The molecule has 1 aliphatic rings. The Hall–Kier alpha value is -3.86. The van der Waals surface area contributed by atoms with Crippen LogP contribution in [0.5, 0.6) is 5.75 Å². The Bertz CT molecular complexity index is 1420. The van der Waals surface area contributed by atoms with Crippen molar-refractivity contribution < 1.29 is 19.4 Å². The molecule has 38 heavy (non-hydrogen) atoms. The third-order valence-electron chi connectivity index (χ3n) is 7.25. The van der Waals surface area contributed by atoms with Crippen molar-refractivity contribution in [1.29, 1.82) is 0 Å². The molecule has 1 fully saturated rings. The Balaban J connectivity index is 1.98. The smallest absolute Gasteiger partial charge is 0.300 e. The first kappa shape index (κ1) is 27.2. The Morgan fingerprint density at radius 2 is 1.42 bits per heavy atom. The SMILES string of the molecule is COc1ccccc1C1/C(=C(\O)c2cc(C(C)(C)C)ccc2C)C(=O)C(=O)N1c1ccc(C(C)(C)C)cc1. The minimum atomic E-state index is -0.857. The van der Waals surface area contributed by atoms with Crippen LogP contribution in [0.3, 0.4) is 0 Å². The lowest BCUT2D eigenvalue weighted by molar-refractivity contribution is -0.132. The van der Waals surface area contributed by atoms with Crippen molar-refractivity contribution in [2.24, 2.45) is 0 Å². The van der Waals surface area contributed by atoms with E-state index in [-0.39, 0.29) is 22.2 Å². The van der Waals surface area contributed by atoms with Crippen LogP contribution in [0.2, 0.25) is 0 Å². The molecule has 0 aromatic heterocycles. The lowest BCUT2D eigenvalue weighted by Crippen LogP contribution is -2.29. The molecule has 198 valence electrons. The lowest BCUT2D eigenvalue weighted by Gasteiger charge is -2.28. The van der Waals surface area contributed by atoms with Crippen molar-refractivity contribution in [3.05, 3.63) is 100 Å². The average molecular weight is 512 g/mol. The number of ketones is 1. The van der Waals surface area contributed by atoms with Gasteiger partial charge < -0.3 is 9.84 Å². The van der Waals surface area contributed by atoms with Crippen LogP contribution in [0.15, 0.2) is 72.3 Å². The molecule has 3 aromatic rings. The fourth-order valence-corrected chi connectivity index (χ4v) is 4.90. The van der Waals surface area contributed by atoms with E-state index in [1.165, 1.54) is 4.90 Å². The second kappa shape index (κ2) is 9.79. The largest absolute Gasteiger partial charge is 0.507 e. The number of aliphatic hydroxyl groups excluding tert-OH is 1. The molecule has 0 spiro atoms. The highest BCUT2D eigenvalue weighted by atomic mass is 16.5. The zero-order chi connectivity index (χ0) is 28.0. The summed E-state index contributed by atoms with van der Waals surface area (Å²) in [4.78, 5) is 28.7. The summed E-state index contributed by atoms with van der Waals surface area (Å²) in [7, 11) is 1.56. The molecule has 1 heterocycles. The Morgan fingerprint density at radius 1 is 0.842 bits per heavy atom. The van der Waals surface area contributed by atoms with E-state index in [4.69, 9.17) is 4.74 Å². The Kier molecular flexibility index (Phi) is 7.00. The standard InChI is InChI=1S/C33H37NO4/c1-20-13-14-22(33(5,6)7)19-25(20)29(35)27-28(24-11-9-10-12-26(24)38-8)34(31(37)30(27)36)23-17-15-21(16-18-23)32(2,3)4/h9-19,28,35H,1-8H3/b29-27+. The summed E-state index contributed by atoms with van der Waals surface area (Å²) in [6.07, 6.45) is 0. The van der Waals surface area contributed by atoms with Crippen LogP contribution in [0, 0.1) is 6.92 Å². The predicted molar refractivity (Wildman–Crippen MR) is 153 cm³/mol. The summed E-state index contributed by atoms with van der Waals surface area (Å²) in [6, 6.07) is 20.0. The number of rotatable bonds is 4. The first-order chi connectivity index (χ1) is 17.8. The molecule has 0 bridgehead atoms. The molecule has 1 saturated heterocycles. The molecule has 0 saturated carbocycles. The van der Waals surface area contributed by atoms with Crippen molar-refractivity contribution in [2.45, 2.75) is 65.3 Å².